The van der Waals surface area contributed by atoms with Crippen molar-refractivity contribution in [1.29, 1.82) is 15.8 Å². The van der Waals surface area contributed by atoms with Crippen molar-refractivity contribution in [3.05, 3.63) is 66.0 Å². The number of piperidine rings is 5. The van der Waals surface area contributed by atoms with Crippen molar-refractivity contribution in [1.82, 2.24) is 39.3 Å². The van der Waals surface area contributed by atoms with E-state index in [9.17, 15) is 19.2 Å². The molecule has 18 heteroatoms. The summed E-state index contributed by atoms with van der Waals surface area (Å²) in [6.07, 6.45) is 54.0. The predicted octanol–water partition coefficient (Wildman–Crippen LogP) is 30.3. The van der Waals surface area contributed by atoms with Crippen LogP contribution in [0.4, 0.5) is 0 Å². The van der Waals surface area contributed by atoms with E-state index < -0.39 is 0 Å². The Morgan fingerprint density at radius 2 is 0.858 bits per heavy atom. The van der Waals surface area contributed by atoms with Crippen LogP contribution in [0.15, 0.2) is 54.9 Å². The average molecular weight is 2060 g/mol. The fourth-order valence-electron chi connectivity index (χ4n) is 26.4. The van der Waals surface area contributed by atoms with Gasteiger partial charge < -0.3 is 29.9 Å². The smallest absolute Gasteiger partial charge is 0.306 e. The number of likely N-dealkylation sites (tertiary alicyclic amines) is 6. The molecule has 148 heavy (non-hydrogen) atoms. The minimum atomic E-state index is -0.341. The summed E-state index contributed by atoms with van der Waals surface area (Å²) in [5.74, 6) is 16.7. The van der Waals surface area contributed by atoms with E-state index in [4.69, 9.17) is 31.0 Å². The van der Waals surface area contributed by atoms with Crippen molar-refractivity contribution in [3.63, 3.8) is 0 Å². The number of esters is 1. The van der Waals surface area contributed by atoms with Gasteiger partial charge >= 0.3 is 5.97 Å². The van der Waals surface area contributed by atoms with Gasteiger partial charge in [0.15, 0.2) is 0 Å². The lowest BCUT2D eigenvalue weighted by atomic mass is 9.69. The third kappa shape index (κ3) is 48.9. The van der Waals surface area contributed by atoms with Gasteiger partial charge in [-0.05, 0) is 425 Å². The Bertz CT molecular complexity index is 4000. The molecule has 2 N–H and O–H groups in total. The topological polar surface area (TPSA) is 220 Å². The number of hydrogen-bond donors (Lipinski definition) is 1. The van der Waals surface area contributed by atoms with Gasteiger partial charge in [0.2, 0.25) is 17.7 Å². The number of aromatic nitrogens is 1. The summed E-state index contributed by atoms with van der Waals surface area (Å²) in [7, 11) is 6.00. The standard InChI is InChI=1S/C17H25N.C15H28N2O.C15H28O2.C14H26N2O.C14H22N2.C13H23N.C11H18N2O.C11H19N.C11H22O.C9H19N/c1-13(2)15-10-16-8-9-17(11-15)18(16)12-14-6-4-3-5-7-14;1-15(2,3)12-7-10-17(11-8-12)14(18)13-6-5-9-16(13)4;1-11(2)13-8-6-12(7-9-13)10-14(16)17-15(3,4)5;1-11(2)12-6-9-16(10-7-12)14(17)13-5-4-8-15(13)3;1-12(2)14-5-8-16(9-6-14)11-13-4-3-7-15-10-13;1-11(2)13-8-6-12(7-9-13)5-3-4-10-14;1-9(2)10-4-3-7-13(8-10)11(14)5-6-12;1-11(2,3)10-6-4-5-9(7-10)8-12;1-11(2,3)9-6-5-7-10(8-9)12-4;1-7(2)8-3-5-9(10)6-4-8/h3-7,13,15-17H,8-12H2,1-2H3;12-13H,5-11H2,1-4H3;11-13H,6-10H2,1-5H3;11-13H,4-10H2,1-3H3;3-4,7,10,12,14H,5-6,8-9,11H2,1-2H3;11-13H,3-9H2,1-2H3;9-10H,3-5,7-8H2,1-2H3;9-10H,4-7H2,1-3H3;9-10H,5-8H2,1-4H3;7-9H,3-6,10H2,1-2H3/t15?,16-,17+;13-;;13-;;;10-;;;/m.1.0..1.../s1. The van der Waals surface area contributed by atoms with Crippen molar-refractivity contribution in [3.8, 4) is 18.2 Å². The average Bonchev–Trinajstić information content (AvgIpc) is 1.65. The molecule has 1 aromatic carbocycles. The zero-order valence-electron chi connectivity index (χ0n) is 101. The van der Waals surface area contributed by atoms with Crippen LogP contribution in [0.2, 0.25) is 0 Å². The third-order valence-corrected chi connectivity index (χ3v) is 37.7. The van der Waals surface area contributed by atoms with Crippen LogP contribution in [0.1, 0.15) is 454 Å². The quantitative estimate of drug-likeness (QED) is 0.0962. The largest absolute Gasteiger partial charge is 0.460 e. The Morgan fingerprint density at radius 1 is 0.419 bits per heavy atom. The third-order valence-electron chi connectivity index (χ3n) is 37.7. The monoisotopic (exact) mass is 2060 g/mol. The summed E-state index contributed by atoms with van der Waals surface area (Å²) >= 11 is 0. The first kappa shape index (κ1) is 131. The number of carbonyl (C=O) groups is 4. The molecule has 8 aliphatic heterocycles. The number of hydrogen-bond acceptors (Lipinski definition) is 15. The minimum absolute atomic E-state index is 0.00199. The summed E-state index contributed by atoms with van der Waals surface area (Å²) < 4.78 is 10.8. The Morgan fingerprint density at radius 3 is 1.28 bits per heavy atom. The van der Waals surface area contributed by atoms with E-state index >= 15 is 0 Å². The van der Waals surface area contributed by atoms with Gasteiger partial charge in [0.1, 0.15) is 12.0 Å². The van der Waals surface area contributed by atoms with Crippen LogP contribution in [-0.2, 0) is 41.7 Å². The molecule has 1 aromatic heterocycles. The molecular weight excluding hydrogens is 1830 g/mol. The number of nitrogens with zero attached hydrogens (tertiary/aromatic N) is 11. The molecule has 0 spiro atoms. The molecule has 18 nitrogen and oxygen atoms in total. The Labute approximate surface area is 911 Å². The lowest BCUT2D eigenvalue weighted by Crippen LogP contribution is -2.48. The number of benzene rings is 1. The number of methoxy groups -OCH3 is 1. The van der Waals surface area contributed by atoms with Gasteiger partial charge in [0.25, 0.3) is 0 Å². The molecule has 0 radical (unpaired) electrons. The molecule has 5 unspecified atom stereocenters. The highest BCUT2D eigenvalue weighted by Crippen LogP contribution is 2.46. The number of fused-ring (bicyclic) bond motifs is 2. The van der Waals surface area contributed by atoms with Crippen molar-refractivity contribution >= 4 is 23.7 Å². The number of pyridine rings is 1. The summed E-state index contributed by atoms with van der Waals surface area (Å²) in [6.45, 7) is 71.5. The summed E-state index contributed by atoms with van der Waals surface area (Å²) in [5, 5.41) is 25.7. The van der Waals surface area contributed by atoms with Crippen LogP contribution >= 0.6 is 0 Å². The minimum Gasteiger partial charge on any atom is -0.460 e. The molecule has 9 heterocycles. The highest BCUT2D eigenvalue weighted by molar-refractivity contribution is 5.83. The Balaban J connectivity index is 0.000000252. The van der Waals surface area contributed by atoms with Crippen molar-refractivity contribution < 1.29 is 28.7 Å². The van der Waals surface area contributed by atoms with Gasteiger partial charge in [0.05, 0.1) is 36.4 Å². The van der Waals surface area contributed by atoms with Crippen LogP contribution in [0, 0.1) is 169 Å². The number of nitriles is 3. The summed E-state index contributed by atoms with van der Waals surface area (Å²) in [6, 6.07) is 24.3. The highest BCUT2D eigenvalue weighted by atomic mass is 16.6. The second-order valence-corrected chi connectivity index (χ2v) is 55.2. The van der Waals surface area contributed by atoms with E-state index in [0.29, 0.717) is 70.3 Å². The number of amides is 3. The van der Waals surface area contributed by atoms with E-state index in [1.54, 1.807) is 0 Å². The number of nitrogens with two attached hydrogens (primary N) is 1. The molecule has 846 valence electrons. The number of carbonyl (C=O) groups excluding carboxylic acids is 4. The summed E-state index contributed by atoms with van der Waals surface area (Å²) in [5.41, 5.74) is 9.53. The number of ether oxygens (including phenoxy) is 2. The van der Waals surface area contributed by atoms with Crippen LogP contribution in [-0.4, -0.2) is 192 Å². The zero-order valence-corrected chi connectivity index (χ0v) is 101. The van der Waals surface area contributed by atoms with E-state index in [1.807, 2.05) is 57.3 Å². The second-order valence-electron chi connectivity index (χ2n) is 55.2. The lowest BCUT2D eigenvalue weighted by molar-refractivity contribution is -0.156. The molecular formula is C130H230N12O6. The fraction of sp³-hybridized carbons (Fsp3) is 0.862. The van der Waals surface area contributed by atoms with E-state index in [1.165, 1.54) is 236 Å². The van der Waals surface area contributed by atoms with Crippen LogP contribution in [0.25, 0.3) is 0 Å². The van der Waals surface area contributed by atoms with Crippen molar-refractivity contribution in [2.75, 3.05) is 86.7 Å². The molecule has 8 saturated heterocycles. The first-order valence-corrected chi connectivity index (χ1v) is 61.2. The Kier molecular flexibility index (Phi) is 59.7. The number of rotatable bonds is 20. The molecule has 10 atom stereocenters. The fourth-order valence-corrected chi connectivity index (χ4v) is 26.4. The lowest BCUT2D eigenvalue weighted by Gasteiger charge is -2.40. The normalized spacial score (nSPS) is 27.7. The maximum Gasteiger partial charge on any atom is 0.306 e. The first-order chi connectivity index (χ1) is 69.9. The highest BCUT2D eigenvalue weighted by Gasteiger charge is 2.43. The zero-order chi connectivity index (χ0) is 110. The maximum atomic E-state index is 12.5. The molecule has 13 fully saturated rings. The summed E-state index contributed by atoms with van der Waals surface area (Å²) in [4.78, 5) is 68.0. The molecule has 5 saturated carbocycles. The first-order valence-electron chi connectivity index (χ1n) is 61.2. The van der Waals surface area contributed by atoms with Gasteiger partial charge in [-0.15, -0.1) is 0 Å². The molecule has 5 aliphatic carbocycles. The van der Waals surface area contributed by atoms with Crippen molar-refractivity contribution in [2.45, 2.75) is 498 Å². The van der Waals surface area contributed by atoms with E-state index in [0.717, 1.165) is 211 Å². The molecule has 2 bridgehead atoms. The van der Waals surface area contributed by atoms with Gasteiger partial charge in [-0.2, -0.15) is 15.8 Å². The second kappa shape index (κ2) is 67.4. The predicted molar refractivity (Wildman–Crippen MR) is 620 cm³/mol. The van der Waals surface area contributed by atoms with Gasteiger partial charge in [-0.1, -0.05) is 221 Å². The molecule has 3 amide bonds. The maximum absolute atomic E-state index is 12.5. The number of likely N-dealkylation sites (N-methyl/N-ethyl adjacent to an activating group) is 2. The van der Waals surface area contributed by atoms with E-state index in [2.05, 4.69) is 256 Å². The van der Waals surface area contributed by atoms with Gasteiger partial charge in [-0.25, -0.2) is 0 Å². The van der Waals surface area contributed by atoms with Crippen molar-refractivity contribution in [2.24, 2.45) is 140 Å². The van der Waals surface area contributed by atoms with Crippen LogP contribution in [0.3, 0.4) is 0 Å². The van der Waals surface area contributed by atoms with Crippen LogP contribution < -0.4 is 5.73 Å². The van der Waals surface area contributed by atoms with Crippen LogP contribution in [0.5, 0.6) is 0 Å². The molecule has 15 rings (SSSR count). The Hall–Kier alpha value is -5.52. The SMILES string of the molecule is CC(C)(C)C1CCCC(C#N)C1.CC(C)C1CCC(CC(=O)OC(C)(C)C)CC1.CC(C)C1CCC(CCCC#N)CC1.CC(C)C1CCC(N)CC1.CC(C)C1CCN(C(=O)[C@@H]2CCCN2C)CC1.CC(C)C1CCN(Cc2cccnc2)CC1.CC(C)C1C[C@H]2CC[C@@H](C1)N2Cc1ccccc1.CC(C)[C@@H]1CCCN(C(=O)CC#N)C1.CN1CCC[C@@H]1C(=O)N1CCC(C(C)(C)C)CC1.COC1CCCC(C(C)(C)C)C1. The van der Waals surface area contributed by atoms with Gasteiger partial charge in [0, 0.05) is 109 Å². The van der Waals surface area contributed by atoms with E-state index in [-0.39, 0.29) is 36.0 Å². The van der Waals surface area contributed by atoms with Gasteiger partial charge in [-0.3, -0.25) is 43.8 Å². The molecule has 13 aliphatic rings. The number of unbranched alkanes of at least 4 members (excludes halogenated alkanes) is 1. The molecule has 2 aromatic rings.